The molecule has 4 rings (SSSR count). The van der Waals surface area contributed by atoms with Crippen molar-refractivity contribution < 1.29 is 0 Å². The number of hydrogen-bond acceptors (Lipinski definition) is 4. The van der Waals surface area contributed by atoms with Gasteiger partial charge in [0.2, 0.25) is 0 Å². The van der Waals surface area contributed by atoms with Crippen LogP contribution in [0.4, 0.5) is 5.69 Å². The minimum atomic E-state index is 0.567. The molecule has 0 spiro atoms. The quantitative estimate of drug-likeness (QED) is 0.544. The van der Waals surface area contributed by atoms with E-state index in [1.807, 2.05) is 61.9 Å². The fourth-order valence-electron chi connectivity index (χ4n) is 3.33. The molecule has 0 amide bonds. The van der Waals surface area contributed by atoms with E-state index in [4.69, 9.17) is 0 Å². The average Bonchev–Trinajstić information content (AvgIpc) is 3.14. The SMILES string of the molecule is CN(Cc1nccn1Cc1ccccc1)c1c(C#N)cnc2ccccc12. The second-order valence-electron chi connectivity index (χ2n) is 6.46. The lowest BCUT2D eigenvalue weighted by molar-refractivity contribution is 0.707. The van der Waals surface area contributed by atoms with Crippen molar-refractivity contribution in [3.05, 3.63) is 90.1 Å². The summed E-state index contributed by atoms with van der Waals surface area (Å²) in [5, 5.41) is 10.5. The number of para-hydroxylation sites is 1. The van der Waals surface area contributed by atoms with Gasteiger partial charge in [-0.25, -0.2) is 4.98 Å². The molecule has 0 bridgehead atoms. The van der Waals surface area contributed by atoms with Gasteiger partial charge in [-0.1, -0.05) is 48.5 Å². The molecule has 0 unspecified atom stereocenters. The average molecular weight is 353 g/mol. The summed E-state index contributed by atoms with van der Waals surface area (Å²) in [4.78, 5) is 11.0. The van der Waals surface area contributed by atoms with Crippen LogP contribution in [0.25, 0.3) is 10.9 Å². The van der Waals surface area contributed by atoms with Gasteiger partial charge in [-0.15, -0.1) is 0 Å². The van der Waals surface area contributed by atoms with Gasteiger partial charge < -0.3 is 9.47 Å². The van der Waals surface area contributed by atoms with Crippen LogP contribution < -0.4 is 4.90 Å². The summed E-state index contributed by atoms with van der Waals surface area (Å²) in [5.74, 6) is 0.950. The van der Waals surface area contributed by atoms with E-state index in [1.165, 1.54) is 5.56 Å². The molecule has 27 heavy (non-hydrogen) atoms. The number of nitriles is 1. The Morgan fingerprint density at radius 2 is 1.81 bits per heavy atom. The maximum Gasteiger partial charge on any atom is 0.128 e. The summed E-state index contributed by atoms with van der Waals surface area (Å²) >= 11 is 0. The van der Waals surface area contributed by atoms with Gasteiger partial charge in [-0.3, -0.25) is 4.98 Å². The van der Waals surface area contributed by atoms with E-state index < -0.39 is 0 Å². The van der Waals surface area contributed by atoms with Crippen molar-refractivity contribution in [1.29, 1.82) is 5.26 Å². The summed E-state index contributed by atoms with van der Waals surface area (Å²) < 4.78 is 2.14. The van der Waals surface area contributed by atoms with Crippen molar-refractivity contribution in [3.63, 3.8) is 0 Å². The molecule has 2 aromatic heterocycles. The fourth-order valence-corrected chi connectivity index (χ4v) is 3.33. The van der Waals surface area contributed by atoms with Crippen LogP contribution in [0, 0.1) is 11.3 Å². The molecule has 0 radical (unpaired) electrons. The van der Waals surface area contributed by atoms with Gasteiger partial charge in [0.1, 0.15) is 11.9 Å². The highest BCUT2D eigenvalue weighted by Gasteiger charge is 2.15. The topological polar surface area (TPSA) is 57.7 Å². The number of nitrogens with zero attached hydrogens (tertiary/aromatic N) is 5. The lowest BCUT2D eigenvalue weighted by atomic mass is 10.1. The summed E-state index contributed by atoms with van der Waals surface area (Å²) in [6.45, 7) is 1.37. The van der Waals surface area contributed by atoms with Gasteiger partial charge in [0.05, 0.1) is 23.3 Å². The second kappa shape index (κ2) is 7.30. The fraction of sp³-hybridized carbons (Fsp3) is 0.136. The van der Waals surface area contributed by atoms with Crippen LogP contribution in [0.15, 0.2) is 73.2 Å². The highest BCUT2D eigenvalue weighted by atomic mass is 15.2. The predicted molar refractivity (Wildman–Crippen MR) is 106 cm³/mol. The predicted octanol–water partition coefficient (Wildman–Crippen LogP) is 3.99. The minimum Gasteiger partial charge on any atom is -0.365 e. The van der Waals surface area contributed by atoms with Crippen molar-refractivity contribution in [2.45, 2.75) is 13.1 Å². The van der Waals surface area contributed by atoms with Gasteiger partial charge in [-0.2, -0.15) is 5.26 Å². The van der Waals surface area contributed by atoms with E-state index >= 15 is 0 Å². The molecule has 2 heterocycles. The molecule has 5 nitrogen and oxygen atoms in total. The Balaban J connectivity index is 1.66. The van der Waals surface area contributed by atoms with Crippen LogP contribution in [0.2, 0.25) is 0 Å². The number of imidazole rings is 1. The molecular formula is C22H19N5. The number of aromatic nitrogens is 3. The molecule has 0 fully saturated rings. The molecule has 0 saturated heterocycles. The number of hydrogen-bond donors (Lipinski definition) is 0. The summed E-state index contributed by atoms with van der Waals surface area (Å²) in [6, 6.07) is 20.5. The number of rotatable bonds is 5. The zero-order chi connectivity index (χ0) is 18.6. The highest BCUT2D eigenvalue weighted by molar-refractivity contribution is 5.94. The van der Waals surface area contributed by atoms with Gasteiger partial charge in [0.25, 0.3) is 0 Å². The van der Waals surface area contributed by atoms with Crippen LogP contribution in [0.5, 0.6) is 0 Å². The standard InChI is InChI=1S/C22H19N5/c1-26(22-18(13-23)14-25-20-10-6-5-9-19(20)22)16-21-24-11-12-27(21)15-17-7-3-2-4-8-17/h2-12,14H,15-16H2,1H3. The second-order valence-corrected chi connectivity index (χ2v) is 6.46. The Morgan fingerprint density at radius 3 is 2.63 bits per heavy atom. The van der Waals surface area contributed by atoms with E-state index in [0.29, 0.717) is 12.1 Å². The summed E-state index contributed by atoms with van der Waals surface area (Å²) in [6.07, 6.45) is 5.46. The van der Waals surface area contributed by atoms with E-state index in [0.717, 1.165) is 29.0 Å². The van der Waals surface area contributed by atoms with E-state index in [1.54, 1.807) is 6.20 Å². The Bertz CT molecular complexity index is 1110. The Labute approximate surface area is 158 Å². The monoisotopic (exact) mass is 353 g/mol. The van der Waals surface area contributed by atoms with Crippen LogP contribution in [-0.4, -0.2) is 21.6 Å². The van der Waals surface area contributed by atoms with E-state index in [9.17, 15) is 5.26 Å². The first-order valence-electron chi connectivity index (χ1n) is 8.79. The van der Waals surface area contributed by atoms with Crippen LogP contribution >= 0.6 is 0 Å². The Morgan fingerprint density at radius 1 is 1.04 bits per heavy atom. The van der Waals surface area contributed by atoms with E-state index in [-0.39, 0.29) is 0 Å². The molecule has 0 aliphatic rings. The van der Waals surface area contributed by atoms with Crippen molar-refractivity contribution in [3.8, 4) is 6.07 Å². The molecule has 0 N–H and O–H groups in total. The van der Waals surface area contributed by atoms with Crippen molar-refractivity contribution in [2.24, 2.45) is 0 Å². The molecule has 0 saturated carbocycles. The third-order valence-corrected chi connectivity index (χ3v) is 4.63. The molecular weight excluding hydrogens is 334 g/mol. The molecule has 0 aliphatic carbocycles. The number of fused-ring (bicyclic) bond motifs is 1. The van der Waals surface area contributed by atoms with Crippen LogP contribution in [0.3, 0.4) is 0 Å². The first kappa shape index (κ1) is 16.8. The lowest BCUT2D eigenvalue weighted by Crippen LogP contribution is -2.21. The summed E-state index contributed by atoms with van der Waals surface area (Å²) in [5.41, 5.74) is 3.56. The first-order chi connectivity index (χ1) is 13.3. The minimum absolute atomic E-state index is 0.567. The van der Waals surface area contributed by atoms with Crippen LogP contribution in [-0.2, 0) is 13.1 Å². The van der Waals surface area contributed by atoms with Gasteiger partial charge in [0.15, 0.2) is 0 Å². The maximum atomic E-state index is 9.56. The zero-order valence-electron chi connectivity index (χ0n) is 15.1. The molecule has 0 atom stereocenters. The zero-order valence-corrected chi connectivity index (χ0v) is 15.1. The number of pyridine rings is 1. The van der Waals surface area contributed by atoms with Crippen LogP contribution in [0.1, 0.15) is 17.0 Å². The molecule has 0 aliphatic heterocycles. The largest absolute Gasteiger partial charge is 0.365 e. The molecule has 4 aromatic rings. The van der Waals surface area contributed by atoms with Crippen molar-refractivity contribution >= 4 is 16.6 Å². The highest BCUT2D eigenvalue weighted by Crippen LogP contribution is 2.29. The summed E-state index contributed by atoms with van der Waals surface area (Å²) in [7, 11) is 1.99. The first-order valence-corrected chi connectivity index (χ1v) is 8.79. The van der Waals surface area contributed by atoms with Gasteiger partial charge in [0, 0.05) is 37.6 Å². The van der Waals surface area contributed by atoms with E-state index in [2.05, 4.69) is 37.6 Å². The van der Waals surface area contributed by atoms with Gasteiger partial charge >= 0.3 is 0 Å². The molecule has 132 valence electrons. The van der Waals surface area contributed by atoms with Crippen molar-refractivity contribution in [2.75, 3.05) is 11.9 Å². The lowest BCUT2D eigenvalue weighted by Gasteiger charge is -2.22. The molecule has 2 aromatic carbocycles. The number of anilines is 1. The van der Waals surface area contributed by atoms with Crippen molar-refractivity contribution in [1.82, 2.24) is 14.5 Å². The van der Waals surface area contributed by atoms with Gasteiger partial charge in [-0.05, 0) is 11.6 Å². The Hall–Kier alpha value is -3.65. The normalized spacial score (nSPS) is 10.7. The smallest absolute Gasteiger partial charge is 0.128 e. The number of benzene rings is 2. The third kappa shape index (κ3) is 3.38. The Kier molecular flexibility index (Phi) is 4.54. The third-order valence-electron chi connectivity index (χ3n) is 4.63. The maximum absolute atomic E-state index is 9.56. The molecule has 5 heteroatoms.